The Morgan fingerprint density at radius 2 is 1.55 bits per heavy atom. The first kappa shape index (κ1) is 20.2. The second-order valence-electron chi connectivity index (χ2n) is 5.05. The Balaban J connectivity index is 0.00000441. The molecule has 0 aromatic heterocycles. The zero-order valence-electron chi connectivity index (χ0n) is 13.1. The summed E-state index contributed by atoms with van der Waals surface area (Å²) < 4.78 is 0. The normalized spacial score (nSPS) is 9.68. The highest BCUT2D eigenvalue weighted by atomic mass is 35.5. The molecule has 6 heteroatoms. The van der Waals surface area contributed by atoms with E-state index < -0.39 is 0 Å². The van der Waals surface area contributed by atoms with E-state index in [1.165, 1.54) is 0 Å². The van der Waals surface area contributed by atoms with Crippen LogP contribution in [0.4, 0.5) is 5.69 Å². The number of hydrogen-bond acceptors (Lipinski definition) is 3. The van der Waals surface area contributed by atoms with Gasteiger partial charge in [0.25, 0.3) is 0 Å². The minimum atomic E-state index is -0.00580. The standard InChI is InChI=1S/C16H25N3O2.ClH/c1-2-11-18-15(20)4-3-5-16(21)19-12-10-13-6-8-14(17)9-7-13;/h6-9H,2-5,10-12,17H2,1H3,(H,18,20)(H,19,21);1H. The Kier molecular flexibility index (Phi) is 10.9. The third kappa shape index (κ3) is 9.23. The highest BCUT2D eigenvalue weighted by molar-refractivity contribution is 5.85. The molecule has 0 heterocycles. The molecule has 0 spiro atoms. The van der Waals surface area contributed by atoms with Crippen molar-refractivity contribution in [2.75, 3.05) is 18.8 Å². The molecule has 0 bridgehead atoms. The second kappa shape index (κ2) is 11.9. The van der Waals surface area contributed by atoms with Crippen molar-refractivity contribution in [3.63, 3.8) is 0 Å². The summed E-state index contributed by atoms with van der Waals surface area (Å²) in [4.78, 5) is 23.0. The number of amides is 2. The largest absolute Gasteiger partial charge is 0.399 e. The van der Waals surface area contributed by atoms with Gasteiger partial charge in [-0.1, -0.05) is 19.1 Å². The summed E-state index contributed by atoms with van der Waals surface area (Å²) in [7, 11) is 0. The molecule has 1 aromatic rings. The zero-order chi connectivity index (χ0) is 15.5. The Morgan fingerprint density at radius 1 is 1.00 bits per heavy atom. The molecule has 0 saturated carbocycles. The molecule has 0 saturated heterocycles. The molecule has 1 rings (SSSR count). The van der Waals surface area contributed by atoms with Crippen LogP contribution in [0.3, 0.4) is 0 Å². The molecule has 0 aliphatic heterocycles. The number of halogens is 1. The van der Waals surface area contributed by atoms with Crippen LogP contribution in [0, 0.1) is 0 Å². The van der Waals surface area contributed by atoms with Gasteiger partial charge in [0.15, 0.2) is 0 Å². The predicted molar refractivity (Wildman–Crippen MR) is 92.0 cm³/mol. The van der Waals surface area contributed by atoms with Crippen LogP contribution in [-0.4, -0.2) is 24.9 Å². The van der Waals surface area contributed by atoms with Crippen LogP contribution in [0.15, 0.2) is 24.3 Å². The van der Waals surface area contributed by atoms with Crippen molar-refractivity contribution < 1.29 is 9.59 Å². The molecule has 22 heavy (non-hydrogen) atoms. The van der Waals surface area contributed by atoms with Crippen molar-refractivity contribution >= 4 is 29.9 Å². The molecule has 0 atom stereocenters. The quantitative estimate of drug-likeness (QED) is 0.607. The van der Waals surface area contributed by atoms with E-state index >= 15 is 0 Å². The van der Waals surface area contributed by atoms with Gasteiger partial charge in [0.1, 0.15) is 0 Å². The van der Waals surface area contributed by atoms with Crippen LogP contribution in [0.2, 0.25) is 0 Å². The summed E-state index contributed by atoms with van der Waals surface area (Å²) in [6.45, 7) is 3.31. The molecule has 4 N–H and O–H groups in total. The van der Waals surface area contributed by atoms with Gasteiger partial charge in [-0.3, -0.25) is 9.59 Å². The Hall–Kier alpha value is -1.75. The first-order chi connectivity index (χ1) is 10.1. The summed E-state index contributed by atoms with van der Waals surface area (Å²) in [5.74, 6) is 0.0141. The second-order valence-corrected chi connectivity index (χ2v) is 5.05. The Bertz CT molecular complexity index is 449. The molecule has 0 fully saturated rings. The molecule has 2 amide bonds. The number of rotatable bonds is 9. The van der Waals surface area contributed by atoms with Crippen molar-refractivity contribution in [3.8, 4) is 0 Å². The number of anilines is 1. The summed E-state index contributed by atoms with van der Waals surface area (Å²) in [5.41, 5.74) is 7.49. The van der Waals surface area contributed by atoms with Gasteiger partial charge in [0.05, 0.1) is 0 Å². The van der Waals surface area contributed by atoms with E-state index in [1.807, 2.05) is 31.2 Å². The Morgan fingerprint density at radius 3 is 2.09 bits per heavy atom. The smallest absolute Gasteiger partial charge is 0.220 e. The summed E-state index contributed by atoms with van der Waals surface area (Å²) in [5, 5.41) is 5.66. The van der Waals surface area contributed by atoms with E-state index in [0.717, 1.165) is 24.1 Å². The van der Waals surface area contributed by atoms with Gasteiger partial charge in [-0.05, 0) is 37.0 Å². The van der Waals surface area contributed by atoms with Crippen LogP contribution >= 0.6 is 12.4 Å². The number of nitrogens with one attached hydrogen (secondary N) is 2. The van der Waals surface area contributed by atoms with E-state index in [9.17, 15) is 9.59 Å². The fourth-order valence-electron chi connectivity index (χ4n) is 1.88. The number of hydrogen-bond donors (Lipinski definition) is 3. The number of carbonyl (C=O) groups excluding carboxylic acids is 2. The number of nitrogen functional groups attached to an aromatic ring is 1. The van der Waals surface area contributed by atoms with Gasteiger partial charge in [-0.2, -0.15) is 0 Å². The highest BCUT2D eigenvalue weighted by Crippen LogP contribution is 2.05. The molecular formula is C16H26ClN3O2. The van der Waals surface area contributed by atoms with E-state index in [2.05, 4.69) is 10.6 Å². The molecule has 0 aliphatic carbocycles. The Labute approximate surface area is 138 Å². The van der Waals surface area contributed by atoms with Gasteiger partial charge >= 0.3 is 0 Å². The predicted octanol–water partition coefficient (Wildman–Crippen LogP) is 2.05. The number of nitrogens with two attached hydrogens (primary N) is 1. The molecular weight excluding hydrogens is 302 g/mol. The van der Waals surface area contributed by atoms with Crippen LogP contribution in [-0.2, 0) is 16.0 Å². The first-order valence-electron chi connectivity index (χ1n) is 7.49. The molecule has 0 aliphatic rings. The monoisotopic (exact) mass is 327 g/mol. The lowest BCUT2D eigenvalue weighted by Crippen LogP contribution is -2.27. The van der Waals surface area contributed by atoms with Crippen molar-refractivity contribution in [3.05, 3.63) is 29.8 Å². The van der Waals surface area contributed by atoms with Crippen LogP contribution in [0.1, 0.15) is 38.2 Å². The average molecular weight is 328 g/mol. The average Bonchev–Trinajstić information content (AvgIpc) is 2.47. The van der Waals surface area contributed by atoms with Gasteiger partial charge in [0.2, 0.25) is 11.8 Å². The molecule has 0 unspecified atom stereocenters. The van der Waals surface area contributed by atoms with Gasteiger partial charge in [-0.15, -0.1) is 12.4 Å². The number of benzene rings is 1. The molecule has 1 aromatic carbocycles. The van der Waals surface area contributed by atoms with E-state index in [4.69, 9.17) is 5.73 Å². The van der Waals surface area contributed by atoms with Gasteiger partial charge in [0, 0.05) is 31.6 Å². The van der Waals surface area contributed by atoms with Gasteiger partial charge < -0.3 is 16.4 Å². The third-order valence-electron chi connectivity index (χ3n) is 3.10. The summed E-state index contributed by atoms with van der Waals surface area (Å²) in [6.07, 6.45) is 3.09. The maximum absolute atomic E-state index is 11.6. The molecule has 5 nitrogen and oxygen atoms in total. The fourth-order valence-corrected chi connectivity index (χ4v) is 1.88. The van der Waals surface area contributed by atoms with Crippen molar-refractivity contribution in [2.45, 2.75) is 39.0 Å². The van der Waals surface area contributed by atoms with Crippen LogP contribution in [0.5, 0.6) is 0 Å². The fraction of sp³-hybridized carbons (Fsp3) is 0.500. The number of carbonyl (C=O) groups is 2. The lowest BCUT2D eigenvalue weighted by Gasteiger charge is -2.06. The summed E-state index contributed by atoms with van der Waals surface area (Å²) >= 11 is 0. The first-order valence-corrected chi connectivity index (χ1v) is 7.49. The molecule has 0 radical (unpaired) electrons. The van der Waals surface area contributed by atoms with Crippen molar-refractivity contribution in [1.82, 2.24) is 10.6 Å². The summed E-state index contributed by atoms with van der Waals surface area (Å²) in [6, 6.07) is 7.62. The molecule has 124 valence electrons. The highest BCUT2D eigenvalue weighted by Gasteiger charge is 2.04. The van der Waals surface area contributed by atoms with E-state index in [0.29, 0.717) is 32.4 Å². The minimum absolute atomic E-state index is 0. The van der Waals surface area contributed by atoms with Crippen molar-refractivity contribution in [1.29, 1.82) is 0 Å². The maximum Gasteiger partial charge on any atom is 0.220 e. The lowest BCUT2D eigenvalue weighted by molar-refractivity contribution is -0.122. The SMILES string of the molecule is CCCNC(=O)CCCC(=O)NCCc1ccc(N)cc1.Cl. The maximum atomic E-state index is 11.6. The minimum Gasteiger partial charge on any atom is -0.399 e. The van der Waals surface area contributed by atoms with Gasteiger partial charge in [-0.25, -0.2) is 0 Å². The van der Waals surface area contributed by atoms with Crippen LogP contribution < -0.4 is 16.4 Å². The zero-order valence-corrected chi connectivity index (χ0v) is 13.9. The van der Waals surface area contributed by atoms with Crippen molar-refractivity contribution in [2.24, 2.45) is 0 Å². The topological polar surface area (TPSA) is 84.2 Å². The van der Waals surface area contributed by atoms with Crippen LogP contribution in [0.25, 0.3) is 0 Å². The van der Waals surface area contributed by atoms with E-state index in [-0.39, 0.29) is 24.2 Å². The third-order valence-corrected chi connectivity index (χ3v) is 3.10. The van der Waals surface area contributed by atoms with E-state index in [1.54, 1.807) is 0 Å². The lowest BCUT2D eigenvalue weighted by atomic mass is 10.1.